The number of nitrogens with zero attached hydrogens (tertiary/aromatic N) is 1. The molecule has 21 heavy (non-hydrogen) atoms. The minimum Gasteiger partial charge on any atom is -0.336 e. The van der Waals surface area contributed by atoms with Crippen molar-refractivity contribution in [1.29, 1.82) is 0 Å². The summed E-state index contributed by atoms with van der Waals surface area (Å²) in [6.07, 6.45) is 1.24. The summed E-state index contributed by atoms with van der Waals surface area (Å²) < 4.78 is 0.875. The van der Waals surface area contributed by atoms with Gasteiger partial charge < -0.3 is 10.2 Å². The Bertz CT molecular complexity index is 634. The lowest BCUT2D eigenvalue weighted by atomic mass is 9.89. The highest BCUT2D eigenvalue weighted by Crippen LogP contribution is 2.26. The maximum absolute atomic E-state index is 12.6. The molecule has 7 heteroatoms. The van der Waals surface area contributed by atoms with Crippen molar-refractivity contribution in [2.24, 2.45) is 0 Å². The Morgan fingerprint density at radius 3 is 2.71 bits per heavy atom. The molecule has 3 rings (SSSR count). The van der Waals surface area contributed by atoms with Crippen molar-refractivity contribution < 1.29 is 14.4 Å². The number of hydrogen-bond acceptors (Lipinski definition) is 3. The second-order valence-electron chi connectivity index (χ2n) is 5.30. The third-order valence-corrected chi connectivity index (χ3v) is 4.84. The molecule has 6 nitrogen and oxygen atoms in total. The maximum atomic E-state index is 12.6. The van der Waals surface area contributed by atoms with E-state index >= 15 is 0 Å². The van der Waals surface area contributed by atoms with Gasteiger partial charge in [-0.1, -0.05) is 12.1 Å². The van der Waals surface area contributed by atoms with Crippen LogP contribution in [0.4, 0.5) is 4.79 Å². The fourth-order valence-corrected chi connectivity index (χ4v) is 3.47. The van der Waals surface area contributed by atoms with Gasteiger partial charge in [0.25, 0.3) is 11.8 Å². The quantitative estimate of drug-likeness (QED) is 0.549. The second-order valence-corrected chi connectivity index (χ2v) is 6.46. The summed E-state index contributed by atoms with van der Waals surface area (Å²) in [5.74, 6) is -0.444. The Morgan fingerprint density at radius 2 is 2.05 bits per heavy atom. The van der Waals surface area contributed by atoms with Crippen LogP contribution in [0.2, 0.25) is 0 Å². The highest BCUT2D eigenvalue weighted by atomic mass is 127. The van der Waals surface area contributed by atoms with Gasteiger partial charge in [-0.25, -0.2) is 4.79 Å². The number of amides is 4. The van der Waals surface area contributed by atoms with Crippen LogP contribution >= 0.6 is 22.6 Å². The number of piperidine rings is 1. The largest absolute Gasteiger partial charge is 0.336 e. The first kappa shape index (κ1) is 14.3. The zero-order valence-corrected chi connectivity index (χ0v) is 13.3. The Balaban J connectivity index is 1.84. The number of imide groups is 1. The fraction of sp³-hybridized carbons (Fsp3) is 0.357. The summed E-state index contributed by atoms with van der Waals surface area (Å²) in [5.41, 5.74) is -0.342. The summed E-state index contributed by atoms with van der Waals surface area (Å²) in [6.45, 7) is 0.809. The lowest BCUT2D eigenvalue weighted by molar-refractivity contribution is -0.125. The van der Waals surface area contributed by atoms with E-state index in [-0.39, 0.29) is 18.4 Å². The molecule has 2 heterocycles. The van der Waals surface area contributed by atoms with E-state index in [1.165, 1.54) is 0 Å². The number of nitrogens with one attached hydrogen (secondary N) is 2. The number of likely N-dealkylation sites (tertiary alicyclic amines) is 1. The topological polar surface area (TPSA) is 78.5 Å². The molecule has 4 amide bonds. The van der Waals surface area contributed by atoms with Crippen molar-refractivity contribution in [3.8, 4) is 0 Å². The van der Waals surface area contributed by atoms with Crippen LogP contribution in [-0.4, -0.2) is 41.4 Å². The molecule has 1 atom stereocenters. The SMILES string of the molecule is O=C1NC(=O)C2(CCCN(C(=O)c3ccccc3I)C2)N1. The van der Waals surface area contributed by atoms with Crippen molar-refractivity contribution in [3.05, 3.63) is 33.4 Å². The van der Waals surface area contributed by atoms with Crippen LogP contribution in [0.1, 0.15) is 23.2 Å². The first-order chi connectivity index (χ1) is 10.0. The monoisotopic (exact) mass is 399 g/mol. The predicted octanol–water partition coefficient (Wildman–Crippen LogP) is 1.11. The highest BCUT2D eigenvalue weighted by Gasteiger charge is 2.49. The molecular formula is C14H14IN3O3. The molecule has 2 N–H and O–H groups in total. The molecule has 0 aliphatic carbocycles. The van der Waals surface area contributed by atoms with E-state index < -0.39 is 11.6 Å². The molecule has 0 radical (unpaired) electrons. The van der Waals surface area contributed by atoms with Gasteiger partial charge in [0.1, 0.15) is 5.54 Å². The molecule has 0 saturated carbocycles. The van der Waals surface area contributed by atoms with Crippen LogP contribution in [0.25, 0.3) is 0 Å². The van der Waals surface area contributed by atoms with E-state index in [9.17, 15) is 14.4 Å². The minimum atomic E-state index is -0.967. The fourth-order valence-electron chi connectivity index (χ4n) is 2.85. The zero-order valence-electron chi connectivity index (χ0n) is 11.2. The normalized spacial score (nSPS) is 24.9. The second kappa shape index (κ2) is 5.28. The van der Waals surface area contributed by atoms with Crippen molar-refractivity contribution >= 4 is 40.4 Å². The van der Waals surface area contributed by atoms with Crippen LogP contribution in [0.5, 0.6) is 0 Å². The lowest BCUT2D eigenvalue weighted by Crippen LogP contribution is -2.59. The van der Waals surface area contributed by atoms with Gasteiger partial charge in [-0.05, 0) is 47.6 Å². The average Bonchev–Trinajstić information content (AvgIpc) is 2.72. The van der Waals surface area contributed by atoms with E-state index in [1.807, 2.05) is 18.2 Å². The van der Waals surface area contributed by atoms with E-state index in [0.717, 1.165) is 3.57 Å². The molecule has 2 saturated heterocycles. The minimum absolute atomic E-state index is 0.104. The average molecular weight is 399 g/mol. The molecule has 2 aliphatic heterocycles. The Hall–Kier alpha value is -1.64. The zero-order chi connectivity index (χ0) is 15.0. The first-order valence-electron chi connectivity index (χ1n) is 6.69. The molecule has 1 unspecified atom stereocenters. The molecule has 1 aromatic rings. The van der Waals surface area contributed by atoms with E-state index in [1.54, 1.807) is 11.0 Å². The lowest BCUT2D eigenvalue weighted by Gasteiger charge is -2.38. The first-order valence-corrected chi connectivity index (χ1v) is 7.77. The van der Waals surface area contributed by atoms with Crippen LogP contribution in [0, 0.1) is 3.57 Å². The summed E-state index contributed by atoms with van der Waals surface area (Å²) in [4.78, 5) is 37.6. The number of carbonyl (C=O) groups is 3. The van der Waals surface area contributed by atoms with E-state index in [2.05, 4.69) is 33.2 Å². The smallest absolute Gasteiger partial charge is 0.322 e. The number of halogens is 1. The maximum Gasteiger partial charge on any atom is 0.322 e. The number of hydrogen-bond donors (Lipinski definition) is 2. The molecule has 110 valence electrons. The molecular weight excluding hydrogens is 385 g/mol. The third-order valence-electron chi connectivity index (χ3n) is 3.90. The van der Waals surface area contributed by atoms with Gasteiger partial charge >= 0.3 is 6.03 Å². The number of urea groups is 1. The van der Waals surface area contributed by atoms with E-state index in [4.69, 9.17) is 0 Å². The highest BCUT2D eigenvalue weighted by molar-refractivity contribution is 14.1. The van der Waals surface area contributed by atoms with Gasteiger partial charge in [0, 0.05) is 10.1 Å². The Morgan fingerprint density at radius 1 is 1.29 bits per heavy atom. The van der Waals surface area contributed by atoms with Crippen LogP contribution in [0.15, 0.2) is 24.3 Å². The summed E-state index contributed by atoms with van der Waals surface area (Å²) in [5, 5.41) is 4.93. The molecule has 2 aliphatic rings. The molecule has 1 aromatic carbocycles. The molecule has 1 spiro atoms. The van der Waals surface area contributed by atoms with Gasteiger partial charge in [-0.15, -0.1) is 0 Å². The van der Waals surface area contributed by atoms with Crippen LogP contribution in [0.3, 0.4) is 0 Å². The third kappa shape index (κ3) is 2.50. The molecule has 2 fully saturated rings. The summed E-state index contributed by atoms with van der Waals surface area (Å²) >= 11 is 2.12. The van der Waals surface area contributed by atoms with Crippen molar-refractivity contribution in [2.45, 2.75) is 18.4 Å². The van der Waals surface area contributed by atoms with Gasteiger partial charge in [-0.2, -0.15) is 0 Å². The summed E-state index contributed by atoms with van der Waals surface area (Å²) in [7, 11) is 0. The van der Waals surface area contributed by atoms with Crippen LogP contribution < -0.4 is 10.6 Å². The van der Waals surface area contributed by atoms with Gasteiger partial charge in [0.05, 0.1) is 12.1 Å². The molecule has 0 bridgehead atoms. The Kier molecular flexibility index (Phi) is 3.60. The number of rotatable bonds is 1. The predicted molar refractivity (Wildman–Crippen MR) is 83.7 cm³/mol. The van der Waals surface area contributed by atoms with E-state index in [0.29, 0.717) is 24.9 Å². The van der Waals surface area contributed by atoms with Crippen molar-refractivity contribution in [3.63, 3.8) is 0 Å². The van der Waals surface area contributed by atoms with Crippen molar-refractivity contribution in [2.75, 3.05) is 13.1 Å². The summed E-state index contributed by atoms with van der Waals surface area (Å²) in [6, 6.07) is 6.86. The Labute approximate surface area is 135 Å². The number of benzene rings is 1. The molecule has 0 aromatic heterocycles. The van der Waals surface area contributed by atoms with Gasteiger partial charge in [0.2, 0.25) is 0 Å². The van der Waals surface area contributed by atoms with Crippen molar-refractivity contribution in [1.82, 2.24) is 15.5 Å². The van der Waals surface area contributed by atoms with Gasteiger partial charge in [-0.3, -0.25) is 14.9 Å². The number of carbonyl (C=O) groups excluding carboxylic acids is 3. The standard InChI is InChI=1S/C14H14IN3O3/c15-10-5-2-1-4-9(10)11(19)18-7-3-6-14(8-18)12(20)16-13(21)17-14/h1-2,4-5H,3,6-8H2,(H2,16,17,20,21). The van der Waals surface area contributed by atoms with Crippen LogP contribution in [-0.2, 0) is 4.79 Å². The van der Waals surface area contributed by atoms with Gasteiger partial charge in [0.15, 0.2) is 0 Å².